The quantitative estimate of drug-likeness (QED) is 0.875. The molecule has 2 heterocycles. The fraction of sp³-hybridized carbons (Fsp3) is 0.529. The van der Waals surface area contributed by atoms with Crippen LogP contribution < -0.4 is 5.32 Å². The zero-order valence-corrected chi connectivity index (χ0v) is 12.4. The zero-order valence-electron chi connectivity index (χ0n) is 12.4. The summed E-state index contributed by atoms with van der Waals surface area (Å²) >= 11 is 0. The van der Waals surface area contributed by atoms with E-state index in [4.69, 9.17) is 0 Å². The Morgan fingerprint density at radius 2 is 2.05 bits per heavy atom. The van der Waals surface area contributed by atoms with E-state index in [-0.39, 0.29) is 0 Å². The highest BCUT2D eigenvalue weighted by molar-refractivity contribution is 5.79. The van der Waals surface area contributed by atoms with Gasteiger partial charge >= 0.3 is 0 Å². The molecule has 3 heteroatoms. The number of hydrogen-bond donors (Lipinski definition) is 2. The molecular formula is C17H25N3. The van der Waals surface area contributed by atoms with Crippen LogP contribution in [0.2, 0.25) is 0 Å². The van der Waals surface area contributed by atoms with Crippen LogP contribution >= 0.6 is 0 Å². The Bertz CT molecular complexity index is 540. The molecule has 1 fully saturated rings. The van der Waals surface area contributed by atoms with Crippen molar-refractivity contribution in [3.8, 4) is 0 Å². The summed E-state index contributed by atoms with van der Waals surface area (Å²) < 4.78 is 0. The van der Waals surface area contributed by atoms with Gasteiger partial charge in [-0.2, -0.15) is 0 Å². The summed E-state index contributed by atoms with van der Waals surface area (Å²) in [5, 5.41) is 4.90. The largest absolute Gasteiger partial charge is 0.361 e. The molecule has 0 spiro atoms. The molecule has 20 heavy (non-hydrogen) atoms. The number of aromatic nitrogens is 1. The van der Waals surface area contributed by atoms with Gasteiger partial charge < -0.3 is 10.3 Å². The van der Waals surface area contributed by atoms with E-state index in [2.05, 4.69) is 46.4 Å². The normalized spacial score (nSPS) is 18.4. The smallest absolute Gasteiger partial charge is 0.0454 e. The maximum Gasteiger partial charge on any atom is 0.0454 e. The maximum atomic E-state index is 3.60. The van der Waals surface area contributed by atoms with Crippen molar-refractivity contribution in [3.05, 3.63) is 36.0 Å². The van der Waals surface area contributed by atoms with Crippen LogP contribution in [0.15, 0.2) is 30.5 Å². The Labute approximate surface area is 121 Å². The number of H-pyrrole nitrogens is 1. The van der Waals surface area contributed by atoms with Crippen LogP contribution in [0.5, 0.6) is 0 Å². The average Bonchev–Trinajstić information content (AvgIpc) is 2.95. The van der Waals surface area contributed by atoms with Crippen molar-refractivity contribution < 1.29 is 0 Å². The number of nitrogens with one attached hydrogen (secondary N) is 2. The van der Waals surface area contributed by atoms with Crippen molar-refractivity contribution >= 4 is 10.9 Å². The third-order valence-corrected chi connectivity index (χ3v) is 4.40. The van der Waals surface area contributed by atoms with Crippen molar-refractivity contribution in [3.63, 3.8) is 0 Å². The Morgan fingerprint density at radius 1 is 1.20 bits per heavy atom. The number of rotatable bonds is 5. The minimum Gasteiger partial charge on any atom is -0.361 e. The highest BCUT2D eigenvalue weighted by atomic mass is 15.2. The van der Waals surface area contributed by atoms with E-state index in [9.17, 15) is 0 Å². The molecule has 1 aromatic carbocycles. The Kier molecular flexibility index (Phi) is 4.38. The molecule has 1 saturated heterocycles. The van der Waals surface area contributed by atoms with Crippen molar-refractivity contribution in [2.24, 2.45) is 0 Å². The summed E-state index contributed by atoms with van der Waals surface area (Å²) in [5.41, 5.74) is 2.58. The second-order valence-corrected chi connectivity index (χ2v) is 5.98. The first kappa shape index (κ1) is 13.7. The van der Waals surface area contributed by atoms with Gasteiger partial charge in [-0.3, -0.25) is 4.90 Å². The number of likely N-dealkylation sites (tertiary alicyclic amines) is 1. The lowest BCUT2D eigenvalue weighted by Gasteiger charge is -2.32. The first-order valence-electron chi connectivity index (χ1n) is 7.84. The molecule has 3 rings (SSSR count). The van der Waals surface area contributed by atoms with Crippen LogP contribution in [0.25, 0.3) is 10.9 Å². The minimum absolute atomic E-state index is 0.645. The molecule has 0 aliphatic carbocycles. The lowest BCUT2D eigenvalue weighted by molar-refractivity contribution is 0.170. The van der Waals surface area contributed by atoms with Gasteiger partial charge in [-0.25, -0.2) is 0 Å². The molecular weight excluding hydrogens is 246 g/mol. The Morgan fingerprint density at radius 3 is 2.90 bits per heavy atom. The van der Waals surface area contributed by atoms with Crippen molar-refractivity contribution in [1.82, 2.24) is 15.2 Å². The van der Waals surface area contributed by atoms with Gasteiger partial charge in [0, 0.05) is 30.8 Å². The number of benzene rings is 1. The van der Waals surface area contributed by atoms with E-state index >= 15 is 0 Å². The molecule has 0 saturated carbocycles. The molecule has 2 N–H and O–H groups in total. The molecule has 1 aromatic heterocycles. The summed E-state index contributed by atoms with van der Waals surface area (Å²) in [7, 11) is 0. The third kappa shape index (κ3) is 3.22. The van der Waals surface area contributed by atoms with Crippen LogP contribution in [0, 0.1) is 0 Å². The summed E-state index contributed by atoms with van der Waals surface area (Å²) in [4.78, 5) is 5.85. The topological polar surface area (TPSA) is 31.1 Å². The molecule has 108 valence electrons. The highest BCUT2D eigenvalue weighted by Crippen LogP contribution is 2.14. The number of nitrogens with zero attached hydrogens (tertiary/aromatic N) is 1. The fourth-order valence-electron chi connectivity index (χ4n) is 3.13. The van der Waals surface area contributed by atoms with E-state index in [0.717, 1.165) is 13.1 Å². The second-order valence-electron chi connectivity index (χ2n) is 5.98. The van der Waals surface area contributed by atoms with Gasteiger partial charge in [0.05, 0.1) is 0 Å². The average molecular weight is 271 g/mol. The van der Waals surface area contributed by atoms with Crippen LogP contribution in [0.1, 0.15) is 31.7 Å². The molecule has 2 aromatic rings. The lowest BCUT2D eigenvalue weighted by Crippen LogP contribution is -2.42. The number of aromatic amines is 1. The van der Waals surface area contributed by atoms with Crippen LogP contribution in [-0.2, 0) is 6.54 Å². The predicted octanol–water partition coefficient (Wildman–Crippen LogP) is 3.13. The monoisotopic (exact) mass is 271 g/mol. The van der Waals surface area contributed by atoms with Crippen molar-refractivity contribution in [1.29, 1.82) is 0 Å². The molecule has 1 aliphatic heterocycles. The van der Waals surface area contributed by atoms with Gasteiger partial charge in [-0.15, -0.1) is 0 Å². The molecule has 3 nitrogen and oxygen atoms in total. The van der Waals surface area contributed by atoms with E-state index in [1.165, 1.54) is 48.8 Å². The van der Waals surface area contributed by atoms with Crippen LogP contribution in [0.3, 0.4) is 0 Å². The van der Waals surface area contributed by atoms with Crippen molar-refractivity contribution in [2.45, 2.75) is 38.8 Å². The minimum atomic E-state index is 0.645. The summed E-state index contributed by atoms with van der Waals surface area (Å²) in [6.45, 7) is 6.93. The zero-order chi connectivity index (χ0) is 13.8. The lowest BCUT2D eigenvalue weighted by atomic mass is 10.1. The predicted molar refractivity (Wildman–Crippen MR) is 84.9 cm³/mol. The molecule has 0 amide bonds. The molecule has 0 bridgehead atoms. The maximum absolute atomic E-state index is 3.60. The van der Waals surface area contributed by atoms with E-state index < -0.39 is 0 Å². The van der Waals surface area contributed by atoms with E-state index in [0.29, 0.717) is 6.04 Å². The van der Waals surface area contributed by atoms with Gasteiger partial charge in [0.1, 0.15) is 0 Å². The first-order valence-corrected chi connectivity index (χ1v) is 7.84. The summed E-state index contributed by atoms with van der Waals surface area (Å²) in [5.74, 6) is 0. The molecule has 0 radical (unpaired) electrons. The van der Waals surface area contributed by atoms with Gasteiger partial charge in [0.2, 0.25) is 0 Å². The molecule has 1 aliphatic rings. The first-order chi connectivity index (χ1) is 9.83. The number of piperidine rings is 1. The van der Waals surface area contributed by atoms with Gasteiger partial charge in [0.15, 0.2) is 0 Å². The Hall–Kier alpha value is -1.32. The molecule has 1 unspecified atom stereocenters. The summed E-state index contributed by atoms with van der Waals surface area (Å²) in [6.07, 6.45) is 6.15. The molecule has 1 atom stereocenters. The van der Waals surface area contributed by atoms with Crippen LogP contribution in [0.4, 0.5) is 0 Å². The van der Waals surface area contributed by atoms with Gasteiger partial charge in [-0.1, -0.05) is 12.5 Å². The fourth-order valence-corrected chi connectivity index (χ4v) is 3.13. The van der Waals surface area contributed by atoms with Gasteiger partial charge in [0.25, 0.3) is 0 Å². The number of hydrogen-bond acceptors (Lipinski definition) is 2. The SMILES string of the molecule is CC(CNCc1ccc2[nH]ccc2c1)N1CCCCC1. The van der Waals surface area contributed by atoms with E-state index in [1.807, 2.05) is 6.20 Å². The van der Waals surface area contributed by atoms with E-state index in [1.54, 1.807) is 0 Å². The van der Waals surface area contributed by atoms with Crippen molar-refractivity contribution in [2.75, 3.05) is 19.6 Å². The third-order valence-electron chi connectivity index (χ3n) is 4.40. The Balaban J connectivity index is 1.48. The summed E-state index contributed by atoms with van der Waals surface area (Å²) in [6, 6.07) is 9.42. The van der Waals surface area contributed by atoms with Gasteiger partial charge in [-0.05, 0) is 62.0 Å². The number of fused-ring (bicyclic) bond motifs is 1. The standard InChI is InChI=1S/C17H25N3/c1-14(20-9-3-2-4-10-20)12-18-13-15-5-6-17-16(11-15)7-8-19-17/h5-8,11,14,18-19H,2-4,9-10,12-13H2,1H3. The van der Waals surface area contributed by atoms with Crippen LogP contribution in [-0.4, -0.2) is 35.6 Å². The highest BCUT2D eigenvalue weighted by Gasteiger charge is 2.15. The second kappa shape index (κ2) is 6.42.